The highest BCUT2D eigenvalue weighted by molar-refractivity contribution is 5.79. The molecule has 0 spiro atoms. The van der Waals surface area contributed by atoms with E-state index in [0.29, 0.717) is 0 Å². The molecule has 0 heterocycles. The van der Waals surface area contributed by atoms with Crippen molar-refractivity contribution in [1.82, 2.24) is 5.32 Å². The minimum Gasteiger partial charge on any atom is -0.394 e. The summed E-state index contributed by atoms with van der Waals surface area (Å²) in [6.07, 6.45) is 0. The quantitative estimate of drug-likeness (QED) is 0.669. The van der Waals surface area contributed by atoms with Crippen LogP contribution in [0.5, 0.6) is 0 Å². The molecule has 0 aliphatic carbocycles. The van der Waals surface area contributed by atoms with Gasteiger partial charge >= 0.3 is 0 Å². The van der Waals surface area contributed by atoms with Gasteiger partial charge < -0.3 is 20.9 Å². The topological polar surface area (TPSA) is 84.6 Å². The van der Waals surface area contributed by atoms with E-state index >= 15 is 0 Å². The van der Waals surface area contributed by atoms with Gasteiger partial charge in [-0.15, -0.1) is 0 Å². The summed E-state index contributed by atoms with van der Waals surface area (Å²) in [5.74, 6) is -0.569. The zero-order valence-corrected chi connectivity index (χ0v) is 11.4. The number of carbonyl (C=O) groups is 1. The summed E-state index contributed by atoms with van der Waals surface area (Å²) in [6.45, 7) is 1.89. The Morgan fingerprint density at radius 2 is 2.05 bits per heavy atom. The number of methoxy groups -OCH3 is 1. The Bertz CT molecular complexity index is 384. The summed E-state index contributed by atoms with van der Waals surface area (Å²) in [7, 11) is 1.52. The van der Waals surface area contributed by atoms with Crippen molar-refractivity contribution in [2.24, 2.45) is 11.7 Å². The maximum Gasteiger partial charge on any atom is 0.225 e. The Hall–Kier alpha value is -1.43. The Labute approximate surface area is 113 Å². The molecule has 106 valence electrons. The molecule has 1 amide bonds. The highest BCUT2D eigenvalue weighted by Crippen LogP contribution is 2.19. The maximum absolute atomic E-state index is 12.0. The van der Waals surface area contributed by atoms with E-state index in [0.717, 1.165) is 5.56 Å². The van der Waals surface area contributed by atoms with Crippen LogP contribution < -0.4 is 11.1 Å². The molecule has 0 radical (unpaired) electrons. The molecule has 0 saturated carbocycles. The van der Waals surface area contributed by atoms with Gasteiger partial charge in [-0.05, 0) is 5.56 Å². The van der Waals surface area contributed by atoms with Crippen LogP contribution in [-0.2, 0) is 9.53 Å². The lowest BCUT2D eigenvalue weighted by molar-refractivity contribution is -0.126. The van der Waals surface area contributed by atoms with E-state index in [9.17, 15) is 4.79 Å². The minimum atomic E-state index is -0.400. The van der Waals surface area contributed by atoms with E-state index < -0.39 is 6.04 Å². The summed E-state index contributed by atoms with van der Waals surface area (Å²) < 4.78 is 4.91. The zero-order chi connectivity index (χ0) is 14.3. The molecule has 0 fully saturated rings. The third kappa shape index (κ3) is 4.63. The third-order valence-corrected chi connectivity index (χ3v) is 3.07. The van der Waals surface area contributed by atoms with Crippen molar-refractivity contribution in [3.05, 3.63) is 35.9 Å². The van der Waals surface area contributed by atoms with Crippen molar-refractivity contribution in [2.45, 2.75) is 19.0 Å². The van der Waals surface area contributed by atoms with Crippen LogP contribution in [0.2, 0.25) is 0 Å². The molecule has 5 heteroatoms. The molecule has 19 heavy (non-hydrogen) atoms. The average Bonchev–Trinajstić information content (AvgIpc) is 2.45. The lowest BCUT2D eigenvalue weighted by Crippen LogP contribution is -2.45. The van der Waals surface area contributed by atoms with E-state index in [1.807, 2.05) is 30.3 Å². The Kier molecular flexibility index (Phi) is 6.49. The summed E-state index contributed by atoms with van der Waals surface area (Å²) in [6, 6.07) is 8.70. The number of nitrogens with two attached hydrogens (primary N) is 1. The summed E-state index contributed by atoms with van der Waals surface area (Å²) in [5.41, 5.74) is 6.99. The fourth-order valence-corrected chi connectivity index (χ4v) is 1.80. The van der Waals surface area contributed by atoms with E-state index in [4.69, 9.17) is 15.6 Å². The first-order chi connectivity index (χ1) is 9.10. The van der Waals surface area contributed by atoms with Gasteiger partial charge in [-0.1, -0.05) is 37.3 Å². The van der Waals surface area contributed by atoms with Gasteiger partial charge in [0.05, 0.1) is 25.2 Å². The Balaban J connectivity index is 2.61. The van der Waals surface area contributed by atoms with Crippen molar-refractivity contribution in [1.29, 1.82) is 0 Å². The summed E-state index contributed by atoms with van der Waals surface area (Å²) in [4.78, 5) is 12.0. The number of amides is 1. The Morgan fingerprint density at radius 3 is 2.58 bits per heavy atom. The first kappa shape index (κ1) is 15.6. The van der Waals surface area contributed by atoms with Crippen molar-refractivity contribution in [3.63, 3.8) is 0 Å². The van der Waals surface area contributed by atoms with Gasteiger partial charge in [0.25, 0.3) is 0 Å². The van der Waals surface area contributed by atoms with Crippen LogP contribution in [0.3, 0.4) is 0 Å². The molecule has 1 aromatic rings. The number of aliphatic hydroxyl groups is 1. The second kappa shape index (κ2) is 7.89. The van der Waals surface area contributed by atoms with Crippen LogP contribution in [0.15, 0.2) is 30.3 Å². The van der Waals surface area contributed by atoms with Crippen LogP contribution >= 0.6 is 0 Å². The number of hydrogen-bond acceptors (Lipinski definition) is 4. The molecule has 0 aliphatic heterocycles. The van der Waals surface area contributed by atoms with Gasteiger partial charge in [-0.3, -0.25) is 4.79 Å². The predicted octanol–water partition coefficient (Wildman–Crippen LogP) is 0.446. The van der Waals surface area contributed by atoms with Gasteiger partial charge in [-0.25, -0.2) is 0 Å². The van der Waals surface area contributed by atoms with Crippen LogP contribution in [0.4, 0.5) is 0 Å². The molecule has 0 bridgehead atoms. The number of carbonyl (C=O) groups excluding carboxylic acids is 1. The van der Waals surface area contributed by atoms with Gasteiger partial charge in [-0.2, -0.15) is 0 Å². The fraction of sp³-hybridized carbons (Fsp3) is 0.500. The molecule has 4 N–H and O–H groups in total. The van der Waals surface area contributed by atoms with Gasteiger partial charge in [0.1, 0.15) is 0 Å². The molecule has 0 aromatic heterocycles. The molecular weight excluding hydrogens is 244 g/mol. The second-order valence-electron chi connectivity index (χ2n) is 4.57. The molecule has 3 atom stereocenters. The standard InChI is InChI=1S/C14H22N2O3/c1-10(13(15)11-6-4-3-5-7-11)14(18)16-12(8-17)9-19-2/h3-7,10,12-13,17H,8-9,15H2,1-2H3,(H,16,18). The first-order valence-corrected chi connectivity index (χ1v) is 6.30. The van der Waals surface area contributed by atoms with Crippen molar-refractivity contribution >= 4 is 5.91 Å². The van der Waals surface area contributed by atoms with E-state index in [-0.39, 0.29) is 31.1 Å². The molecular formula is C14H22N2O3. The lowest BCUT2D eigenvalue weighted by Gasteiger charge is -2.23. The van der Waals surface area contributed by atoms with Crippen LogP contribution in [-0.4, -0.2) is 37.4 Å². The highest BCUT2D eigenvalue weighted by atomic mass is 16.5. The second-order valence-corrected chi connectivity index (χ2v) is 4.57. The monoisotopic (exact) mass is 266 g/mol. The van der Waals surface area contributed by atoms with E-state index in [2.05, 4.69) is 5.32 Å². The van der Waals surface area contributed by atoms with Crippen LogP contribution in [0, 0.1) is 5.92 Å². The Morgan fingerprint density at radius 1 is 1.42 bits per heavy atom. The third-order valence-electron chi connectivity index (χ3n) is 3.07. The highest BCUT2D eigenvalue weighted by Gasteiger charge is 2.23. The molecule has 1 aromatic carbocycles. The lowest BCUT2D eigenvalue weighted by atomic mass is 9.94. The van der Waals surface area contributed by atoms with E-state index in [1.54, 1.807) is 6.92 Å². The maximum atomic E-state index is 12.0. The van der Waals surface area contributed by atoms with Crippen molar-refractivity contribution < 1.29 is 14.6 Å². The number of hydrogen-bond donors (Lipinski definition) is 3. The van der Waals surface area contributed by atoms with Gasteiger partial charge in [0.2, 0.25) is 5.91 Å². The molecule has 3 unspecified atom stereocenters. The van der Waals surface area contributed by atoms with E-state index in [1.165, 1.54) is 7.11 Å². The number of ether oxygens (including phenoxy) is 1. The van der Waals surface area contributed by atoms with Crippen molar-refractivity contribution in [2.75, 3.05) is 20.3 Å². The molecule has 0 aliphatic rings. The van der Waals surface area contributed by atoms with Gasteiger partial charge in [0, 0.05) is 13.2 Å². The number of aliphatic hydroxyl groups excluding tert-OH is 1. The normalized spacial score (nSPS) is 15.6. The molecule has 1 rings (SSSR count). The smallest absolute Gasteiger partial charge is 0.225 e. The SMILES string of the molecule is COCC(CO)NC(=O)C(C)C(N)c1ccccc1. The first-order valence-electron chi connectivity index (χ1n) is 6.30. The number of rotatable bonds is 7. The molecule has 5 nitrogen and oxygen atoms in total. The predicted molar refractivity (Wildman–Crippen MR) is 73.4 cm³/mol. The zero-order valence-electron chi connectivity index (χ0n) is 11.4. The van der Waals surface area contributed by atoms with Crippen LogP contribution in [0.1, 0.15) is 18.5 Å². The van der Waals surface area contributed by atoms with Crippen LogP contribution in [0.25, 0.3) is 0 Å². The fourth-order valence-electron chi connectivity index (χ4n) is 1.80. The molecule has 0 saturated heterocycles. The van der Waals surface area contributed by atoms with Gasteiger partial charge in [0.15, 0.2) is 0 Å². The van der Waals surface area contributed by atoms with Crippen molar-refractivity contribution in [3.8, 4) is 0 Å². The minimum absolute atomic E-state index is 0.160. The largest absolute Gasteiger partial charge is 0.394 e. The summed E-state index contributed by atoms with van der Waals surface area (Å²) >= 11 is 0. The average molecular weight is 266 g/mol. The number of nitrogens with one attached hydrogen (secondary N) is 1. The number of benzene rings is 1. The summed E-state index contributed by atoms with van der Waals surface area (Å²) in [5, 5.41) is 11.8.